The third-order valence-electron chi connectivity index (χ3n) is 2.33. The molecule has 0 radical (unpaired) electrons. The van der Waals surface area contributed by atoms with Crippen molar-refractivity contribution in [1.82, 2.24) is 0 Å². The van der Waals surface area contributed by atoms with E-state index in [0.717, 1.165) is 4.88 Å². The zero-order chi connectivity index (χ0) is 10.8. The Bertz CT molecular complexity index is 296. The van der Waals surface area contributed by atoms with E-state index in [1.807, 2.05) is 38.3 Å². The van der Waals surface area contributed by atoms with Gasteiger partial charge in [-0.2, -0.15) is 0 Å². The second-order valence-electron chi connectivity index (χ2n) is 4.54. The van der Waals surface area contributed by atoms with Crippen molar-refractivity contribution in [3.05, 3.63) is 22.4 Å². The molecule has 0 fully saturated rings. The highest BCUT2D eigenvalue weighted by atomic mass is 32.1. The van der Waals surface area contributed by atoms with Crippen LogP contribution in [0.15, 0.2) is 17.5 Å². The average Bonchev–Trinajstić information content (AvgIpc) is 2.48. The number of carboxylic acids is 1. The Balaban J connectivity index is 2.76. The maximum atomic E-state index is 11.1. The average molecular weight is 212 g/mol. The van der Waals surface area contributed by atoms with Gasteiger partial charge < -0.3 is 5.11 Å². The number of rotatable bonds is 3. The summed E-state index contributed by atoms with van der Waals surface area (Å²) < 4.78 is 0. The third kappa shape index (κ3) is 2.84. The van der Waals surface area contributed by atoms with Gasteiger partial charge in [-0.05, 0) is 23.3 Å². The van der Waals surface area contributed by atoms with Crippen LogP contribution in [0, 0.1) is 11.3 Å². The molecule has 0 saturated carbocycles. The fourth-order valence-electron chi connectivity index (χ4n) is 1.39. The number of carboxylic acid groups (broad SMARTS) is 1. The molecule has 0 aliphatic heterocycles. The van der Waals surface area contributed by atoms with Crippen molar-refractivity contribution in [1.29, 1.82) is 0 Å². The molecule has 0 bridgehead atoms. The Labute approximate surface area is 88.6 Å². The molecule has 0 spiro atoms. The fraction of sp³-hybridized carbons (Fsp3) is 0.545. The molecule has 2 nitrogen and oxygen atoms in total. The smallest absolute Gasteiger partial charge is 0.307 e. The molecule has 0 aliphatic carbocycles. The number of thiophene rings is 1. The van der Waals surface area contributed by atoms with E-state index < -0.39 is 5.97 Å². The van der Waals surface area contributed by atoms with E-state index in [-0.39, 0.29) is 11.3 Å². The fourth-order valence-corrected chi connectivity index (χ4v) is 2.15. The van der Waals surface area contributed by atoms with Crippen LogP contribution in [0.5, 0.6) is 0 Å². The highest BCUT2D eigenvalue weighted by Gasteiger charge is 2.31. The Morgan fingerprint density at radius 2 is 2.21 bits per heavy atom. The summed E-state index contributed by atoms with van der Waals surface area (Å²) in [6.45, 7) is 5.91. The summed E-state index contributed by atoms with van der Waals surface area (Å²) in [5, 5.41) is 11.1. The van der Waals surface area contributed by atoms with Crippen molar-refractivity contribution < 1.29 is 9.90 Å². The lowest BCUT2D eigenvalue weighted by Crippen LogP contribution is -2.30. The van der Waals surface area contributed by atoms with Crippen molar-refractivity contribution in [2.75, 3.05) is 0 Å². The standard InChI is InChI=1S/C11H16O2S/c1-11(2,3)9(10(12)13)7-8-5-4-6-14-8/h4-6,9H,7H2,1-3H3,(H,12,13)/t9-/m0/s1. The van der Waals surface area contributed by atoms with Crippen LogP contribution in [0.4, 0.5) is 0 Å². The Kier molecular flexibility index (Phi) is 3.32. The van der Waals surface area contributed by atoms with Crippen LogP contribution >= 0.6 is 11.3 Å². The first-order valence-corrected chi connectivity index (χ1v) is 5.54. The van der Waals surface area contributed by atoms with E-state index in [2.05, 4.69) is 0 Å². The van der Waals surface area contributed by atoms with Crippen LogP contribution < -0.4 is 0 Å². The van der Waals surface area contributed by atoms with Gasteiger partial charge in [0.05, 0.1) is 5.92 Å². The molecule has 1 N–H and O–H groups in total. The van der Waals surface area contributed by atoms with Crippen molar-refractivity contribution in [2.24, 2.45) is 11.3 Å². The lowest BCUT2D eigenvalue weighted by Gasteiger charge is -2.26. The monoisotopic (exact) mass is 212 g/mol. The highest BCUT2D eigenvalue weighted by molar-refractivity contribution is 7.09. The first kappa shape index (κ1) is 11.2. The molecule has 0 aliphatic rings. The molecular formula is C11H16O2S. The zero-order valence-electron chi connectivity index (χ0n) is 8.78. The van der Waals surface area contributed by atoms with Gasteiger partial charge in [-0.25, -0.2) is 0 Å². The lowest BCUT2D eigenvalue weighted by molar-refractivity contribution is -0.145. The zero-order valence-corrected chi connectivity index (χ0v) is 9.60. The Morgan fingerprint density at radius 1 is 1.57 bits per heavy atom. The molecule has 0 amide bonds. The van der Waals surface area contributed by atoms with Gasteiger partial charge in [-0.1, -0.05) is 26.8 Å². The van der Waals surface area contributed by atoms with Crippen LogP contribution in [0.25, 0.3) is 0 Å². The lowest BCUT2D eigenvalue weighted by atomic mass is 9.78. The number of carbonyl (C=O) groups is 1. The molecule has 0 unspecified atom stereocenters. The van der Waals surface area contributed by atoms with E-state index in [1.165, 1.54) is 0 Å². The van der Waals surface area contributed by atoms with Crippen LogP contribution in [-0.2, 0) is 11.2 Å². The first-order valence-electron chi connectivity index (χ1n) is 4.66. The molecule has 0 aromatic carbocycles. The molecule has 1 heterocycles. The topological polar surface area (TPSA) is 37.3 Å². The van der Waals surface area contributed by atoms with E-state index in [4.69, 9.17) is 5.11 Å². The van der Waals surface area contributed by atoms with E-state index in [0.29, 0.717) is 6.42 Å². The molecule has 0 saturated heterocycles. The second-order valence-corrected chi connectivity index (χ2v) is 5.57. The number of aliphatic carboxylic acids is 1. The van der Waals surface area contributed by atoms with Gasteiger partial charge in [0.15, 0.2) is 0 Å². The summed E-state index contributed by atoms with van der Waals surface area (Å²) in [7, 11) is 0. The summed E-state index contributed by atoms with van der Waals surface area (Å²) in [5.74, 6) is -1.01. The van der Waals surface area contributed by atoms with Gasteiger partial charge in [-0.15, -0.1) is 11.3 Å². The predicted octanol–water partition coefficient (Wildman–Crippen LogP) is 3.04. The predicted molar refractivity (Wildman–Crippen MR) is 58.6 cm³/mol. The van der Waals surface area contributed by atoms with Gasteiger partial charge in [-0.3, -0.25) is 4.79 Å². The number of hydrogen-bond acceptors (Lipinski definition) is 2. The second kappa shape index (κ2) is 4.13. The van der Waals surface area contributed by atoms with Gasteiger partial charge in [0, 0.05) is 4.88 Å². The summed E-state index contributed by atoms with van der Waals surface area (Å²) >= 11 is 1.62. The molecule has 78 valence electrons. The van der Waals surface area contributed by atoms with Crippen molar-refractivity contribution >= 4 is 17.3 Å². The van der Waals surface area contributed by atoms with Crippen molar-refractivity contribution in [3.63, 3.8) is 0 Å². The molecule has 1 aromatic rings. The van der Waals surface area contributed by atoms with Crippen LogP contribution in [0.3, 0.4) is 0 Å². The van der Waals surface area contributed by atoms with Crippen LogP contribution in [-0.4, -0.2) is 11.1 Å². The van der Waals surface area contributed by atoms with Crippen LogP contribution in [0.1, 0.15) is 25.6 Å². The van der Waals surface area contributed by atoms with Gasteiger partial charge in [0.1, 0.15) is 0 Å². The van der Waals surface area contributed by atoms with Crippen molar-refractivity contribution in [2.45, 2.75) is 27.2 Å². The Hall–Kier alpha value is -0.830. The van der Waals surface area contributed by atoms with E-state index in [9.17, 15) is 4.79 Å². The minimum Gasteiger partial charge on any atom is -0.481 e. The quantitative estimate of drug-likeness (QED) is 0.836. The largest absolute Gasteiger partial charge is 0.481 e. The Morgan fingerprint density at radius 3 is 2.57 bits per heavy atom. The summed E-state index contributed by atoms with van der Waals surface area (Å²) in [4.78, 5) is 12.2. The molecule has 1 aromatic heterocycles. The van der Waals surface area contributed by atoms with E-state index >= 15 is 0 Å². The van der Waals surface area contributed by atoms with Gasteiger partial charge in [0.2, 0.25) is 0 Å². The maximum Gasteiger partial charge on any atom is 0.307 e. The highest BCUT2D eigenvalue weighted by Crippen LogP contribution is 2.30. The molecule has 1 rings (SSSR count). The van der Waals surface area contributed by atoms with E-state index in [1.54, 1.807) is 11.3 Å². The minimum atomic E-state index is -0.703. The molecule has 1 atom stereocenters. The first-order chi connectivity index (χ1) is 6.41. The molecular weight excluding hydrogens is 196 g/mol. The maximum absolute atomic E-state index is 11.1. The number of hydrogen-bond donors (Lipinski definition) is 1. The van der Waals surface area contributed by atoms with Gasteiger partial charge in [0.25, 0.3) is 0 Å². The minimum absolute atomic E-state index is 0.185. The summed E-state index contributed by atoms with van der Waals surface area (Å²) in [5.41, 5.74) is -0.185. The summed E-state index contributed by atoms with van der Waals surface area (Å²) in [6, 6.07) is 3.95. The van der Waals surface area contributed by atoms with Crippen molar-refractivity contribution in [3.8, 4) is 0 Å². The molecule has 14 heavy (non-hydrogen) atoms. The summed E-state index contributed by atoms with van der Waals surface area (Å²) in [6.07, 6.45) is 0.635. The van der Waals surface area contributed by atoms with Crippen LogP contribution in [0.2, 0.25) is 0 Å². The molecule has 3 heteroatoms. The SMILES string of the molecule is CC(C)(C)[C@@H](Cc1cccs1)C(=O)O. The third-order valence-corrected chi connectivity index (χ3v) is 3.23. The normalized spacial score (nSPS) is 13.9. The van der Waals surface area contributed by atoms with Gasteiger partial charge >= 0.3 is 5.97 Å².